The lowest BCUT2D eigenvalue weighted by Crippen LogP contribution is -2.03. The van der Waals surface area contributed by atoms with Gasteiger partial charge in [0.2, 0.25) is 5.76 Å². The van der Waals surface area contributed by atoms with Crippen molar-refractivity contribution in [2.75, 3.05) is 0 Å². The number of hydrogen-bond donors (Lipinski definition) is 1. The number of carbonyl (C=O) groups is 1. The molecule has 0 spiro atoms. The molecule has 1 N–H and O–H groups in total. The van der Waals surface area contributed by atoms with E-state index in [9.17, 15) is 9.90 Å². The van der Waals surface area contributed by atoms with Crippen LogP contribution < -0.4 is 0 Å². The van der Waals surface area contributed by atoms with Gasteiger partial charge in [-0.2, -0.15) is 0 Å². The summed E-state index contributed by atoms with van der Waals surface area (Å²) in [5.41, 5.74) is 1.84. The number of aromatic nitrogens is 1. The van der Waals surface area contributed by atoms with E-state index in [1.54, 1.807) is 0 Å². The van der Waals surface area contributed by atoms with Crippen LogP contribution in [0.2, 0.25) is 0 Å². The van der Waals surface area contributed by atoms with E-state index in [0.717, 1.165) is 6.42 Å². The molecule has 1 aromatic carbocycles. The number of aromatic carboxylic acids is 1. The maximum atomic E-state index is 11.3. The molecule has 1 aliphatic rings. The topological polar surface area (TPSA) is 63.3 Å². The minimum absolute atomic E-state index is 0.0115. The quantitative estimate of drug-likeness (QED) is 0.906. The Balaban J connectivity index is 1.83. The van der Waals surface area contributed by atoms with E-state index in [4.69, 9.17) is 4.42 Å². The summed E-state index contributed by atoms with van der Waals surface area (Å²) >= 11 is 0. The Kier molecular flexibility index (Phi) is 3.53. The normalized spacial score (nSPS) is 20.7. The fraction of sp³-hybridized carbons (Fsp3) is 0.412. The SMILES string of the molecule is CC(C)Cc1nc(C2CC2c2ccccc2)oc1C(=O)O. The number of carboxylic acid groups (broad SMARTS) is 1. The Hall–Kier alpha value is -2.10. The van der Waals surface area contributed by atoms with Crippen LogP contribution in [0.25, 0.3) is 0 Å². The van der Waals surface area contributed by atoms with Crippen LogP contribution in [-0.4, -0.2) is 16.1 Å². The van der Waals surface area contributed by atoms with Crippen LogP contribution in [0.15, 0.2) is 34.7 Å². The zero-order valence-electron chi connectivity index (χ0n) is 12.2. The number of nitrogens with zero attached hydrogens (tertiary/aromatic N) is 1. The molecule has 1 heterocycles. The van der Waals surface area contributed by atoms with Gasteiger partial charge in [0.25, 0.3) is 0 Å². The third-order valence-corrected chi connectivity index (χ3v) is 3.85. The van der Waals surface area contributed by atoms with Crippen LogP contribution in [0.5, 0.6) is 0 Å². The Bertz CT molecular complexity index is 645. The molecule has 3 rings (SSSR count). The maximum absolute atomic E-state index is 11.3. The third-order valence-electron chi connectivity index (χ3n) is 3.85. The van der Waals surface area contributed by atoms with Crippen LogP contribution in [0, 0.1) is 5.92 Å². The van der Waals surface area contributed by atoms with Crippen molar-refractivity contribution in [1.82, 2.24) is 4.98 Å². The van der Waals surface area contributed by atoms with Gasteiger partial charge >= 0.3 is 5.97 Å². The second-order valence-electron chi connectivity index (χ2n) is 6.09. The second kappa shape index (κ2) is 5.35. The third kappa shape index (κ3) is 2.84. The lowest BCUT2D eigenvalue weighted by Gasteiger charge is -2.00. The van der Waals surface area contributed by atoms with Gasteiger partial charge in [-0.25, -0.2) is 9.78 Å². The molecule has 1 saturated carbocycles. The molecule has 110 valence electrons. The summed E-state index contributed by atoms with van der Waals surface area (Å²) in [5.74, 6) is 0.533. The molecule has 1 fully saturated rings. The second-order valence-corrected chi connectivity index (χ2v) is 6.09. The molecule has 0 bridgehead atoms. The predicted molar refractivity (Wildman–Crippen MR) is 78.5 cm³/mol. The van der Waals surface area contributed by atoms with Crippen molar-refractivity contribution < 1.29 is 14.3 Å². The molecule has 1 aromatic heterocycles. The highest BCUT2D eigenvalue weighted by molar-refractivity contribution is 5.85. The highest BCUT2D eigenvalue weighted by atomic mass is 16.4. The highest BCUT2D eigenvalue weighted by Crippen LogP contribution is 2.54. The number of benzene rings is 1. The van der Waals surface area contributed by atoms with Crippen molar-refractivity contribution in [1.29, 1.82) is 0 Å². The van der Waals surface area contributed by atoms with Gasteiger partial charge in [-0.05, 0) is 30.2 Å². The lowest BCUT2D eigenvalue weighted by atomic mass is 10.1. The van der Waals surface area contributed by atoms with Crippen molar-refractivity contribution in [3.05, 3.63) is 53.2 Å². The first-order chi connectivity index (χ1) is 10.1. The van der Waals surface area contributed by atoms with E-state index in [2.05, 4.69) is 17.1 Å². The molecule has 0 aliphatic heterocycles. The molecule has 2 aromatic rings. The molecule has 21 heavy (non-hydrogen) atoms. The van der Waals surface area contributed by atoms with Gasteiger partial charge in [-0.15, -0.1) is 0 Å². The van der Waals surface area contributed by atoms with E-state index < -0.39 is 5.97 Å². The summed E-state index contributed by atoms with van der Waals surface area (Å²) in [5, 5.41) is 9.24. The Labute approximate surface area is 123 Å². The fourth-order valence-corrected chi connectivity index (χ4v) is 2.76. The molecule has 1 aliphatic carbocycles. The van der Waals surface area contributed by atoms with Gasteiger partial charge in [0, 0.05) is 5.92 Å². The number of rotatable bonds is 5. The van der Waals surface area contributed by atoms with Gasteiger partial charge in [-0.1, -0.05) is 44.2 Å². The van der Waals surface area contributed by atoms with Crippen LogP contribution in [0.1, 0.15) is 59.8 Å². The van der Waals surface area contributed by atoms with Crippen LogP contribution in [0.4, 0.5) is 0 Å². The summed E-state index contributed by atoms with van der Waals surface area (Å²) in [6, 6.07) is 10.2. The molecular weight excluding hydrogens is 266 g/mol. The first-order valence-electron chi connectivity index (χ1n) is 7.34. The minimum atomic E-state index is -1.03. The summed E-state index contributed by atoms with van der Waals surface area (Å²) in [7, 11) is 0. The van der Waals surface area contributed by atoms with E-state index in [-0.39, 0.29) is 11.7 Å². The Morgan fingerprint density at radius 1 is 1.33 bits per heavy atom. The van der Waals surface area contributed by atoms with Crippen molar-refractivity contribution >= 4 is 5.97 Å². The Morgan fingerprint density at radius 2 is 2.05 bits per heavy atom. The van der Waals surface area contributed by atoms with E-state index in [1.165, 1.54) is 5.56 Å². The predicted octanol–water partition coefficient (Wildman–Crippen LogP) is 3.84. The molecule has 2 unspecified atom stereocenters. The average molecular weight is 285 g/mol. The molecule has 0 radical (unpaired) electrons. The van der Waals surface area contributed by atoms with Gasteiger partial charge < -0.3 is 9.52 Å². The highest BCUT2D eigenvalue weighted by Gasteiger charge is 2.43. The van der Waals surface area contributed by atoms with Crippen LogP contribution >= 0.6 is 0 Å². The maximum Gasteiger partial charge on any atom is 0.373 e. The van der Waals surface area contributed by atoms with Crippen molar-refractivity contribution in [3.8, 4) is 0 Å². The average Bonchev–Trinajstić information content (AvgIpc) is 3.14. The number of carboxylic acids is 1. The molecule has 0 saturated heterocycles. The molecule has 0 amide bonds. The van der Waals surface area contributed by atoms with E-state index >= 15 is 0 Å². The largest absolute Gasteiger partial charge is 0.475 e. The van der Waals surface area contributed by atoms with Gasteiger partial charge in [-0.3, -0.25) is 0 Å². The van der Waals surface area contributed by atoms with Crippen molar-refractivity contribution in [3.63, 3.8) is 0 Å². The number of oxazole rings is 1. The molecule has 2 atom stereocenters. The monoisotopic (exact) mass is 285 g/mol. The number of hydrogen-bond acceptors (Lipinski definition) is 3. The summed E-state index contributed by atoms with van der Waals surface area (Å²) < 4.78 is 5.54. The zero-order valence-corrected chi connectivity index (χ0v) is 12.2. The minimum Gasteiger partial charge on any atom is -0.475 e. The standard InChI is InChI=1S/C17H19NO3/c1-10(2)8-14-15(17(19)20)21-16(18-14)13-9-12(13)11-6-4-3-5-7-11/h3-7,10,12-13H,8-9H2,1-2H3,(H,19,20). The van der Waals surface area contributed by atoms with Crippen LogP contribution in [-0.2, 0) is 6.42 Å². The van der Waals surface area contributed by atoms with Gasteiger partial charge in [0.15, 0.2) is 5.89 Å². The molecular formula is C17H19NO3. The first kappa shape index (κ1) is 13.9. The van der Waals surface area contributed by atoms with Crippen molar-refractivity contribution in [2.45, 2.75) is 38.5 Å². The summed E-state index contributed by atoms with van der Waals surface area (Å²) in [4.78, 5) is 15.7. The summed E-state index contributed by atoms with van der Waals surface area (Å²) in [6.45, 7) is 4.09. The lowest BCUT2D eigenvalue weighted by molar-refractivity contribution is 0.0658. The van der Waals surface area contributed by atoms with Crippen molar-refractivity contribution in [2.24, 2.45) is 5.92 Å². The molecule has 4 heteroatoms. The Morgan fingerprint density at radius 3 is 2.67 bits per heavy atom. The smallest absolute Gasteiger partial charge is 0.373 e. The first-order valence-corrected chi connectivity index (χ1v) is 7.34. The summed E-state index contributed by atoms with van der Waals surface area (Å²) in [6.07, 6.45) is 1.61. The van der Waals surface area contributed by atoms with E-state index in [1.807, 2.05) is 32.0 Å². The fourth-order valence-electron chi connectivity index (χ4n) is 2.76. The molecule has 4 nitrogen and oxygen atoms in total. The zero-order chi connectivity index (χ0) is 15.0. The van der Waals surface area contributed by atoms with Gasteiger partial charge in [0.05, 0.1) is 5.69 Å². The van der Waals surface area contributed by atoms with Crippen LogP contribution in [0.3, 0.4) is 0 Å². The van der Waals surface area contributed by atoms with E-state index in [0.29, 0.717) is 29.8 Å². The van der Waals surface area contributed by atoms with Gasteiger partial charge in [0.1, 0.15) is 0 Å².